The molecule has 0 spiro atoms. The Balaban J connectivity index is 1.69. The first-order valence-corrected chi connectivity index (χ1v) is 10.4. The minimum absolute atomic E-state index is 0.0620. The number of rotatable bonds is 5. The van der Waals surface area contributed by atoms with Crippen molar-refractivity contribution in [2.45, 2.75) is 32.5 Å². The number of carbonyl (C=O) groups is 1. The summed E-state index contributed by atoms with van der Waals surface area (Å²) in [7, 11) is 0. The monoisotopic (exact) mass is 440 g/mol. The molecule has 0 aliphatic carbocycles. The Hall–Kier alpha value is -2.43. The molecule has 3 rings (SSSR count). The van der Waals surface area contributed by atoms with Crippen LogP contribution < -0.4 is 4.72 Å². The first-order chi connectivity index (χ1) is 14.2. The lowest BCUT2D eigenvalue weighted by Crippen LogP contribution is -2.58. The molecule has 0 saturated carbocycles. The quantitative estimate of drug-likeness (QED) is 0.573. The van der Waals surface area contributed by atoms with Crippen LogP contribution >= 0.6 is 0 Å². The average Bonchev–Trinajstić information content (AvgIpc) is 2.65. The predicted octanol–water partition coefficient (Wildman–Crippen LogP) is 3.04. The van der Waals surface area contributed by atoms with Crippen molar-refractivity contribution in [1.82, 2.24) is 9.80 Å². The van der Waals surface area contributed by atoms with Gasteiger partial charge in [-0.3, -0.25) is 13.9 Å². The van der Waals surface area contributed by atoms with Crippen LogP contribution in [0.5, 0.6) is 0 Å². The normalized spacial score (nSPS) is 20.8. The number of carbonyl (C=O) groups excluding carboxylic acids is 1. The Morgan fingerprint density at radius 2 is 1.63 bits per heavy atom. The fourth-order valence-electron chi connectivity index (χ4n) is 3.81. The van der Waals surface area contributed by atoms with Gasteiger partial charge in [0.15, 0.2) is 11.6 Å². The van der Waals surface area contributed by atoms with Crippen molar-refractivity contribution in [3.8, 4) is 0 Å². The van der Waals surface area contributed by atoms with Gasteiger partial charge in [0.2, 0.25) is 0 Å². The SMILES string of the molecule is CC1CN(Cc2cc(F)c(F)cc2F)CC(C)N1C(=O)c1ccc(NS(=O)[O-])cc1. The zero-order valence-electron chi connectivity index (χ0n) is 16.4. The van der Waals surface area contributed by atoms with Gasteiger partial charge in [0, 0.05) is 65.9 Å². The maximum Gasteiger partial charge on any atom is 0.254 e. The molecule has 0 aromatic heterocycles. The summed E-state index contributed by atoms with van der Waals surface area (Å²) in [6.45, 7) is 4.69. The molecule has 0 bridgehead atoms. The number of anilines is 1. The van der Waals surface area contributed by atoms with Gasteiger partial charge in [-0.1, -0.05) is 0 Å². The first kappa shape index (κ1) is 22.3. The third-order valence-corrected chi connectivity index (χ3v) is 5.45. The zero-order valence-corrected chi connectivity index (χ0v) is 17.2. The van der Waals surface area contributed by atoms with E-state index in [0.29, 0.717) is 30.4 Å². The second-order valence-electron chi connectivity index (χ2n) is 7.38. The maximum atomic E-state index is 14.0. The van der Waals surface area contributed by atoms with Crippen LogP contribution in [0, 0.1) is 17.5 Å². The third-order valence-electron chi connectivity index (χ3n) is 5.05. The fraction of sp³-hybridized carbons (Fsp3) is 0.350. The van der Waals surface area contributed by atoms with Crippen molar-refractivity contribution in [2.75, 3.05) is 17.8 Å². The van der Waals surface area contributed by atoms with E-state index in [-0.39, 0.29) is 30.1 Å². The summed E-state index contributed by atoms with van der Waals surface area (Å²) in [5.74, 6) is -3.33. The molecule has 3 unspecified atom stereocenters. The Kier molecular flexibility index (Phi) is 6.79. The summed E-state index contributed by atoms with van der Waals surface area (Å²) in [4.78, 5) is 16.6. The molecule has 1 fully saturated rings. The number of hydrogen-bond acceptors (Lipinski definition) is 4. The van der Waals surface area contributed by atoms with Gasteiger partial charge in [0.05, 0.1) is 0 Å². The number of amides is 1. The molecule has 1 heterocycles. The summed E-state index contributed by atoms with van der Waals surface area (Å²) in [5, 5.41) is 0. The largest absolute Gasteiger partial charge is 0.755 e. The zero-order chi connectivity index (χ0) is 22.0. The second-order valence-corrected chi connectivity index (χ2v) is 8.05. The van der Waals surface area contributed by atoms with Gasteiger partial charge >= 0.3 is 0 Å². The van der Waals surface area contributed by atoms with Gasteiger partial charge in [0.1, 0.15) is 5.82 Å². The summed E-state index contributed by atoms with van der Waals surface area (Å²) in [6.07, 6.45) is 0. The molecule has 10 heteroatoms. The predicted molar refractivity (Wildman–Crippen MR) is 106 cm³/mol. The molecule has 1 aliphatic rings. The summed E-state index contributed by atoms with van der Waals surface area (Å²) in [5.41, 5.74) is 0.822. The van der Waals surface area contributed by atoms with E-state index in [2.05, 4.69) is 4.72 Å². The van der Waals surface area contributed by atoms with Crippen molar-refractivity contribution in [3.05, 3.63) is 65.0 Å². The van der Waals surface area contributed by atoms with Crippen LogP contribution in [0.4, 0.5) is 18.9 Å². The van der Waals surface area contributed by atoms with Crippen molar-refractivity contribution >= 4 is 22.9 Å². The molecule has 2 aromatic carbocycles. The van der Waals surface area contributed by atoms with E-state index in [1.165, 1.54) is 12.1 Å². The second kappa shape index (κ2) is 9.15. The highest BCUT2D eigenvalue weighted by Crippen LogP contribution is 2.23. The molecule has 1 aliphatic heterocycles. The van der Waals surface area contributed by atoms with Crippen LogP contribution in [0.15, 0.2) is 36.4 Å². The summed E-state index contributed by atoms with van der Waals surface area (Å²) in [6, 6.07) is 7.07. The van der Waals surface area contributed by atoms with Crippen molar-refractivity contribution in [2.24, 2.45) is 0 Å². The molecular formula is C20H21F3N3O3S-. The number of piperazine rings is 1. The molecular weight excluding hydrogens is 419 g/mol. The van der Waals surface area contributed by atoms with Crippen LogP contribution in [-0.2, 0) is 17.8 Å². The van der Waals surface area contributed by atoms with Crippen LogP contribution in [0.25, 0.3) is 0 Å². The lowest BCUT2D eigenvalue weighted by atomic mass is 10.0. The standard InChI is InChI=1S/C20H22F3N3O3S/c1-12-9-25(11-15-7-18(22)19(23)8-17(15)21)10-13(2)26(12)20(27)14-3-5-16(6-4-14)24-30(28)29/h3-8,12-13,24H,9-11H2,1-2H3,(H,28,29)/p-1. The number of hydrogen-bond donors (Lipinski definition) is 1. The Morgan fingerprint density at radius 1 is 1.07 bits per heavy atom. The minimum atomic E-state index is -2.45. The van der Waals surface area contributed by atoms with E-state index in [1.54, 1.807) is 17.0 Å². The van der Waals surface area contributed by atoms with Crippen molar-refractivity contribution in [1.29, 1.82) is 0 Å². The van der Waals surface area contributed by atoms with Gasteiger partial charge in [-0.15, -0.1) is 0 Å². The van der Waals surface area contributed by atoms with E-state index >= 15 is 0 Å². The Morgan fingerprint density at radius 3 is 2.20 bits per heavy atom. The number of halogens is 3. The molecule has 162 valence electrons. The number of nitrogens with one attached hydrogen (secondary N) is 1. The number of benzene rings is 2. The summed E-state index contributed by atoms with van der Waals surface area (Å²) < 4.78 is 64.2. The molecule has 0 radical (unpaired) electrons. The summed E-state index contributed by atoms with van der Waals surface area (Å²) >= 11 is -2.45. The van der Waals surface area contributed by atoms with Crippen molar-refractivity contribution in [3.63, 3.8) is 0 Å². The smallest absolute Gasteiger partial charge is 0.254 e. The first-order valence-electron chi connectivity index (χ1n) is 9.30. The molecule has 1 N–H and O–H groups in total. The van der Waals surface area contributed by atoms with Crippen LogP contribution in [0.2, 0.25) is 0 Å². The van der Waals surface area contributed by atoms with Gasteiger partial charge in [-0.2, -0.15) is 0 Å². The van der Waals surface area contributed by atoms with E-state index in [1.807, 2.05) is 18.7 Å². The fourth-order valence-corrected chi connectivity index (χ4v) is 4.14. The molecule has 3 atom stereocenters. The molecule has 2 aromatic rings. The van der Waals surface area contributed by atoms with Crippen LogP contribution in [0.3, 0.4) is 0 Å². The Labute approximate surface area is 175 Å². The maximum absolute atomic E-state index is 14.0. The van der Waals surface area contributed by atoms with Gasteiger partial charge in [-0.25, -0.2) is 13.2 Å². The molecule has 30 heavy (non-hydrogen) atoms. The topological polar surface area (TPSA) is 75.7 Å². The van der Waals surface area contributed by atoms with E-state index in [4.69, 9.17) is 0 Å². The number of nitrogens with zero attached hydrogens (tertiary/aromatic N) is 2. The Bertz CT molecular complexity index is 946. The highest BCUT2D eigenvalue weighted by molar-refractivity contribution is 7.80. The van der Waals surface area contributed by atoms with Crippen LogP contribution in [-0.4, -0.2) is 49.6 Å². The molecule has 1 amide bonds. The van der Waals surface area contributed by atoms with E-state index < -0.39 is 28.7 Å². The van der Waals surface area contributed by atoms with Crippen LogP contribution in [0.1, 0.15) is 29.8 Å². The molecule has 1 saturated heterocycles. The third kappa shape index (κ3) is 5.00. The van der Waals surface area contributed by atoms with Gasteiger partial charge < -0.3 is 14.2 Å². The lowest BCUT2D eigenvalue weighted by molar-refractivity contribution is 0.0265. The van der Waals surface area contributed by atoms with Gasteiger partial charge in [0.25, 0.3) is 5.91 Å². The average molecular weight is 440 g/mol. The van der Waals surface area contributed by atoms with E-state index in [0.717, 1.165) is 6.07 Å². The highest BCUT2D eigenvalue weighted by Gasteiger charge is 2.33. The van der Waals surface area contributed by atoms with Gasteiger partial charge in [-0.05, 0) is 44.2 Å². The minimum Gasteiger partial charge on any atom is -0.755 e. The van der Waals surface area contributed by atoms with E-state index in [9.17, 15) is 26.7 Å². The molecule has 6 nitrogen and oxygen atoms in total. The lowest BCUT2D eigenvalue weighted by Gasteiger charge is -2.44. The highest BCUT2D eigenvalue weighted by atomic mass is 32.2. The van der Waals surface area contributed by atoms with Crippen molar-refractivity contribution < 1.29 is 26.7 Å².